The first-order chi connectivity index (χ1) is 14.0. The van der Waals surface area contributed by atoms with Crippen LogP contribution >= 0.6 is 11.8 Å². The fourth-order valence-electron chi connectivity index (χ4n) is 3.13. The zero-order valence-electron chi connectivity index (χ0n) is 16.8. The average Bonchev–Trinajstić information content (AvgIpc) is 3.07. The standard InChI is InChI=1S/C23H24N4OS/c1-4-13-27-21-9-6-5-8-20(21)25-23(27)29-16-22(28)26(14-7-12-24)19-11-10-17(2)18(3)15-19/h4-6,8-11,15H,1,7,13-14,16H2,2-3H3. The first kappa shape index (κ1) is 20.7. The van der Waals surface area contributed by atoms with E-state index in [1.54, 1.807) is 4.90 Å². The Morgan fingerprint density at radius 1 is 1.28 bits per heavy atom. The lowest BCUT2D eigenvalue weighted by atomic mass is 10.1. The first-order valence-corrected chi connectivity index (χ1v) is 10.5. The van der Waals surface area contributed by atoms with Crippen LogP contribution < -0.4 is 4.90 Å². The van der Waals surface area contributed by atoms with Gasteiger partial charge in [0.15, 0.2) is 5.16 Å². The molecule has 3 aromatic rings. The second-order valence-corrected chi connectivity index (χ2v) is 7.74. The molecule has 0 fully saturated rings. The fraction of sp³-hybridized carbons (Fsp3) is 0.261. The van der Waals surface area contributed by atoms with Crippen molar-refractivity contribution in [3.63, 3.8) is 0 Å². The third-order valence-electron chi connectivity index (χ3n) is 4.81. The highest BCUT2D eigenvalue weighted by Gasteiger charge is 2.18. The summed E-state index contributed by atoms with van der Waals surface area (Å²) in [6.45, 7) is 8.91. The Morgan fingerprint density at radius 3 is 2.79 bits per heavy atom. The zero-order valence-corrected chi connectivity index (χ0v) is 17.6. The molecule has 5 nitrogen and oxygen atoms in total. The van der Waals surface area contributed by atoms with Gasteiger partial charge in [0.1, 0.15) is 0 Å². The van der Waals surface area contributed by atoms with Crippen molar-refractivity contribution in [2.24, 2.45) is 0 Å². The molecule has 0 aliphatic heterocycles. The van der Waals surface area contributed by atoms with E-state index in [0.717, 1.165) is 27.4 Å². The molecule has 1 amide bonds. The van der Waals surface area contributed by atoms with Gasteiger partial charge in [0.05, 0.1) is 29.3 Å². The normalized spacial score (nSPS) is 10.7. The van der Waals surface area contributed by atoms with Crippen molar-refractivity contribution in [3.8, 4) is 6.07 Å². The highest BCUT2D eigenvalue weighted by atomic mass is 32.2. The molecule has 0 aliphatic rings. The molecule has 148 valence electrons. The van der Waals surface area contributed by atoms with Crippen LogP contribution in [-0.4, -0.2) is 27.8 Å². The molecule has 0 saturated heterocycles. The van der Waals surface area contributed by atoms with Gasteiger partial charge >= 0.3 is 0 Å². The van der Waals surface area contributed by atoms with Crippen LogP contribution in [0.1, 0.15) is 17.5 Å². The Labute approximate surface area is 175 Å². The van der Waals surface area contributed by atoms with Gasteiger partial charge in [0.2, 0.25) is 5.91 Å². The molecular weight excluding hydrogens is 380 g/mol. The number of para-hydroxylation sites is 2. The number of hydrogen-bond acceptors (Lipinski definition) is 4. The number of rotatable bonds is 8. The third kappa shape index (κ3) is 4.69. The van der Waals surface area contributed by atoms with Gasteiger partial charge in [-0.2, -0.15) is 5.26 Å². The van der Waals surface area contributed by atoms with Crippen molar-refractivity contribution in [2.75, 3.05) is 17.2 Å². The van der Waals surface area contributed by atoms with E-state index < -0.39 is 0 Å². The molecule has 1 heterocycles. The molecule has 0 unspecified atom stereocenters. The lowest BCUT2D eigenvalue weighted by molar-refractivity contribution is -0.116. The number of fused-ring (bicyclic) bond motifs is 1. The van der Waals surface area contributed by atoms with Crippen molar-refractivity contribution >= 4 is 34.4 Å². The van der Waals surface area contributed by atoms with Crippen molar-refractivity contribution in [1.82, 2.24) is 9.55 Å². The van der Waals surface area contributed by atoms with Crippen LogP contribution in [0.15, 0.2) is 60.3 Å². The van der Waals surface area contributed by atoms with Gasteiger partial charge < -0.3 is 9.47 Å². The second-order valence-electron chi connectivity index (χ2n) is 6.79. The first-order valence-electron chi connectivity index (χ1n) is 9.48. The predicted octanol–water partition coefficient (Wildman–Crippen LogP) is 4.88. The van der Waals surface area contributed by atoms with Crippen molar-refractivity contribution < 1.29 is 4.79 Å². The minimum Gasteiger partial charge on any atom is -0.315 e. The number of amides is 1. The molecule has 2 aromatic carbocycles. The van der Waals surface area contributed by atoms with Gasteiger partial charge in [-0.05, 0) is 49.2 Å². The Morgan fingerprint density at radius 2 is 2.07 bits per heavy atom. The number of thioether (sulfide) groups is 1. The highest BCUT2D eigenvalue weighted by molar-refractivity contribution is 7.99. The lowest BCUT2D eigenvalue weighted by Gasteiger charge is -2.22. The Balaban J connectivity index is 1.82. The van der Waals surface area contributed by atoms with E-state index in [9.17, 15) is 4.79 Å². The number of aromatic nitrogens is 2. The summed E-state index contributed by atoms with van der Waals surface area (Å²) in [4.78, 5) is 19.4. The van der Waals surface area contributed by atoms with E-state index in [0.29, 0.717) is 13.1 Å². The molecule has 0 aliphatic carbocycles. The summed E-state index contributed by atoms with van der Waals surface area (Å²) in [5.41, 5.74) is 5.05. The number of carbonyl (C=O) groups is 1. The van der Waals surface area contributed by atoms with Crippen LogP contribution in [-0.2, 0) is 11.3 Å². The number of benzene rings is 2. The predicted molar refractivity (Wildman–Crippen MR) is 119 cm³/mol. The van der Waals surface area contributed by atoms with Crippen LogP contribution in [0.25, 0.3) is 11.0 Å². The topological polar surface area (TPSA) is 61.9 Å². The molecule has 0 spiro atoms. The summed E-state index contributed by atoms with van der Waals surface area (Å²) in [5, 5.41) is 9.80. The van der Waals surface area contributed by atoms with E-state index >= 15 is 0 Å². The minimum atomic E-state index is -0.0364. The maximum absolute atomic E-state index is 13.0. The van der Waals surface area contributed by atoms with Crippen LogP contribution in [0.3, 0.4) is 0 Å². The molecule has 3 rings (SSSR count). The van der Waals surface area contributed by atoms with E-state index in [-0.39, 0.29) is 18.1 Å². The summed E-state index contributed by atoms with van der Waals surface area (Å²) in [7, 11) is 0. The van der Waals surface area contributed by atoms with E-state index in [1.807, 2.05) is 62.4 Å². The highest BCUT2D eigenvalue weighted by Crippen LogP contribution is 2.26. The number of nitrogens with zero attached hydrogens (tertiary/aromatic N) is 4. The van der Waals surface area contributed by atoms with Crippen LogP contribution in [0.2, 0.25) is 0 Å². The van der Waals surface area contributed by atoms with Gasteiger partial charge in [0.25, 0.3) is 0 Å². The van der Waals surface area contributed by atoms with Gasteiger partial charge in [0, 0.05) is 18.8 Å². The average molecular weight is 405 g/mol. The van der Waals surface area contributed by atoms with Crippen LogP contribution in [0.5, 0.6) is 0 Å². The number of aryl methyl sites for hydroxylation is 2. The smallest absolute Gasteiger partial charge is 0.237 e. The fourth-order valence-corrected chi connectivity index (χ4v) is 4.03. The number of anilines is 1. The number of imidazole rings is 1. The van der Waals surface area contributed by atoms with Crippen molar-refractivity contribution in [1.29, 1.82) is 5.26 Å². The lowest BCUT2D eigenvalue weighted by Crippen LogP contribution is -2.33. The van der Waals surface area contributed by atoms with E-state index in [1.165, 1.54) is 17.3 Å². The molecule has 0 bridgehead atoms. The third-order valence-corrected chi connectivity index (χ3v) is 5.77. The Hall–Kier alpha value is -3.04. The summed E-state index contributed by atoms with van der Waals surface area (Å²) in [6, 6.07) is 16.0. The SMILES string of the molecule is C=CCn1c(SCC(=O)N(CCC#N)c2ccc(C)c(C)c2)nc2ccccc21. The zero-order chi connectivity index (χ0) is 20.8. The maximum atomic E-state index is 13.0. The maximum Gasteiger partial charge on any atom is 0.237 e. The van der Waals surface area contributed by atoms with E-state index in [2.05, 4.69) is 22.2 Å². The van der Waals surface area contributed by atoms with Crippen molar-refractivity contribution in [2.45, 2.75) is 32.0 Å². The number of nitriles is 1. The molecular formula is C23H24N4OS. The second kappa shape index (κ2) is 9.44. The van der Waals surface area contributed by atoms with Gasteiger partial charge in [-0.3, -0.25) is 4.79 Å². The monoisotopic (exact) mass is 404 g/mol. The quantitative estimate of drug-likeness (QED) is 0.397. The number of hydrogen-bond donors (Lipinski definition) is 0. The molecule has 0 saturated carbocycles. The number of carbonyl (C=O) groups excluding carboxylic acids is 1. The van der Waals surface area contributed by atoms with E-state index in [4.69, 9.17) is 5.26 Å². The van der Waals surface area contributed by atoms with Gasteiger partial charge in [-0.1, -0.05) is 36.0 Å². The number of allylic oxidation sites excluding steroid dienone is 1. The molecule has 1 aromatic heterocycles. The largest absolute Gasteiger partial charge is 0.315 e. The Kier molecular flexibility index (Phi) is 6.73. The van der Waals surface area contributed by atoms with Crippen LogP contribution in [0, 0.1) is 25.2 Å². The van der Waals surface area contributed by atoms with Crippen LogP contribution in [0.4, 0.5) is 5.69 Å². The van der Waals surface area contributed by atoms with Gasteiger partial charge in [-0.15, -0.1) is 6.58 Å². The molecule has 6 heteroatoms. The van der Waals surface area contributed by atoms with Gasteiger partial charge in [-0.25, -0.2) is 4.98 Å². The summed E-state index contributed by atoms with van der Waals surface area (Å²) < 4.78 is 2.07. The summed E-state index contributed by atoms with van der Waals surface area (Å²) in [5.74, 6) is 0.212. The molecule has 0 atom stereocenters. The molecule has 0 radical (unpaired) electrons. The summed E-state index contributed by atoms with van der Waals surface area (Å²) in [6.07, 6.45) is 2.12. The summed E-state index contributed by atoms with van der Waals surface area (Å²) >= 11 is 1.41. The minimum absolute atomic E-state index is 0.0364. The molecule has 29 heavy (non-hydrogen) atoms. The molecule has 0 N–H and O–H groups in total. The Bertz CT molecular complexity index is 1080. The van der Waals surface area contributed by atoms with Crippen molar-refractivity contribution in [3.05, 3.63) is 66.2 Å².